The van der Waals surface area contributed by atoms with Crippen LogP contribution < -0.4 is 0 Å². The van der Waals surface area contributed by atoms with Crippen molar-refractivity contribution in [3.05, 3.63) is 39.8 Å². The van der Waals surface area contributed by atoms with Crippen LogP contribution in [0.5, 0.6) is 0 Å². The number of halogens is 3. The number of nitrogens with zero attached hydrogens (tertiary/aromatic N) is 2. The van der Waals surface area contributed by atoms with Gasteiger partial charge in [-0.1, -0.05) is 6.07 Å². The number of carbonyl (C=O) groups excluding carboxylic acids is 1. The molecule has 23 heavy (non-hydrogen) atoms. The number of thiophene rings is 1. The van der Waals surface area contributed by atoms with Crippen LogP contribution in [0, 0.1) is 0 Å². The summed E-state index contributed by atoms with van der Waals surface area (Å²) in [6.45, 7) is 1.09. The van der Waals surface area contributed by atoms with E-state index in [1.54, 1.807) is 4.90 Å². The first-order valence-electron chi connectivity index (χ1n) is 7.36. The minimum Gasteiger partial charge on any atom is -0.342 e. The minimum absolute atomic E-state index is 0.0210. The predicted molar refractivity (Wildman–Crippen MR) is 80.2 cm³/mol. The van der Waals surface area contributed by atoms with E-state index in [1.807, 2.05) is 17.5 Å². The van der Waals surface area contributed by atoms with E-state index < -0.39 is 11.9 Å². The molecule has 1 amide bonds. The van der Waals surface area contributed by atoms with E-state index in [2.05, 4.69) is 10.2 Å². The zero-order valence-electron chi connectivity index (χ0n) is 12.3. The summed E-state index contributed by atoms with van der Waals surface area (Å²) in [6.07, 6.45) is -2.57. The van der Waals surface area contributed by atoms with Crippen LogP contribution in [0.4, 0.5) is 13.2 Å². The van der Waals surface area contributed by atoms with E-state index in [4.69, 9.17) is 0 Å². The number of likely N-dealkylation sites (tertiary alicyclic amines) is 1. The second-order valence-corrected chi connectivity index (χ2v) is 6.67. The summed E-state index contributed by atoms with van der Waals surface area (Å²) in [5.41, 5.74) is -0.458. The Hall–Kier alpha value is -1.83. The Morgan fingerprint density at radius 1 is 1.48 bits per heavy atom. The third kappa shape index (κ3) is 3.74. The zero-order chi connectivity index (χ0) is 16.4. The molecule has 0 radical (unpaired) electrons. The molecule has 0 saturated carbocycles. The Labute approximate surface area is 135 Å². The molecule has 1 aliphatic rings. The SMILES string of the molecule is O=C(Cc1cccs1)N1CCC[C@H](c2cc(C(F)(F)F)n[nH]2)C1. The van der Waals surface area contributed by atoms with Crippen LogP contribution in [0.1, 0.15) is 35.0 Å². The highest BCUT2D eigenvalue weighted by Gasteiger charge is 2.35. The fourth-order valence-corrected chi connectivity index (χ4v) is 3.52. The van der Waals surface area contributed by atoms with Crippen molar-refractivity contribution < 1.29 is 18.0 Å². The van der Waals surface area contributed by atoms with E-state index >= 15 is 0 Å². The molecular weight excluding hydrogens is 327 g/mol. The van der Waals surface area contributed by atoms with Gasteiger partial charge >= 0.3 is 6.18 Å². The summed E-state index contributed by atoms with van der Waals surface area (Å²) >= 11 is 1.53. The predicted octanol–water partition coefficient (Wildman–Crippen LogP) is 3.44. The Balaban J connectivity index is 1.66. The van der Waals surface area contributed by atoms with Gasteiger partial charge in [-0.3, -0.25) is 9.89 Å². The molecule has 8 heteroatoms. The van der Waals surface area contributed by atoms with Gasteiger partial charge in [-0.2, -0.15) is 18.3 Å². The lowest BCUT2D eigenvalue weighted by Crippen LogP contribution is -2.39. The minimum atomic E-state index is -4.45. The summed E-state index contributed by atoms with van der Waals surface area (Å²) in [5, 5.41) is 7.74. The molecule has 2 aromatic heterocycles. The Morgan fingerprint density at radius 3 is 2.96 bits per heavy atom. The number of aromatic amines is 1. The molecule has 0 aromatic carbocycles. The first-order chi connectivity index (χ1) is 10.9. The zero-order valence-corrected chi connectivity index (χ0v) is 13.1. The second-order valence-electron chi connectivity index (χ2n) is 5.64. The van der Waals surface area contributed by atoms with Crippen LogP contribution in [0.25, 0.3) is 0 Å². The van der Waals surface area contributed by atoms with Crippen molar-refractivity contribution >= 4 is 17.2 Å². The number of alkyl halides is 3. The van der Waals surface area contributed by atoms with E-state index in [9.17, 15) is 18.0 Å². The average Bonchev–Trinajstić information content (AvgIpc) is 3.18. The monoisotopic (exact) mass is 343 g/mol. The van der Waals surface area contributed by atoms with Gasteiger partial charge in [0.1, 0.15) is 0 Å². The third-order valence-corrected chi connectivity index (χ3v) is 4.88. The first kappa shape index (κ1) is 16.0. The first-order valence-corrected chi connectivity index (χ1v) is 8.24. The molecule has 0 aliphatic carbocycles. The van der Waals surface area contributed by atoms with Crippen LogP contribution in [-0.2, 0) is 17.4 Å². The number of rotatable bonds is 3. The third-order valence-electron chi connectivity index (χ3n) is 4.01. The average molecular weight is 343 g/mol. The van der Waals surface area contributed by atoms with Crippen LogP contribution in [-0.4, -0.2) is 34.1 Å². The number of hydrogen-bond acceptors (Lipinski definition) is 3. The molecular formula is C15H16F3N3OS. The normalized spacial score (nSPS) is 19.1. The van der Waals surface area contributed by atoms with Crippen molar-refractivity contribution in [3.8, 4) is 0 Å². The maximum atomic E-state index is 12.6. The summed E-state index contributed by atoms with van der Waals surface area (Å²) in [5.74, 6) is -0.104. The summed E-state index contributed by atoms with van der Waals surface area (Å²) < 4.78 is 37.9. The molecule has 1 saturated heterocycles. The van der Waals surface area contributed by atoms with Gasteiger partial charge in [0.25, 0.3) is 0 Å². The number of aromatic nitrogens is 2. The van der Waals surface area contributed by atoms with Crippen LogP contribution in [0.15, 0.2) is 23.6 Å². The molecule has 3 heterocycles. The molecule has 1 atom stereocenters. The number of hydrogen-bond donors (Lipinski definition) is 1. The lowest BCUT2D eigenvalue weighted by molar-refractivity contribution is -0.141. The van der Waals surface area contributed by atoms with Crippen molar-refractivity contribution in [3.63, 3.8) is 0 Å². The van der Waals surface area contributed by atoms with Gasteiger partial charge in [-0.05, 0) is 30.4 Å². The fourth-order valence-electron chi connectivity index (χ4n) is 2.82. The lowest BCUT2D eigenvalue weighted by atomic mass is 9.94. The van der Waals surface area contributed by atoms with Crippen molar-refractivity contribution in [2.45, 2.75) is 31.4 Å². The Bertz CT molecular complexity index is 666. The van der Waals surface area contributed by atoms with Gasteiger partial charge in [0, 0.05) is 29.6 Å². The number of carbonyl (C=O) groups is 1. The molecule has 2 aromatic rings. The Morgan fingerprint density at radius 2 is 2.30 bits per heavy atom. The van der Waals surface area contributed by atoms with E-state index in [0.717, 1.165) is 23.8 Å². The maximum absolute atomic E-state index is 12.6. The quantitative estimate of drug-likeness (QED) is 0.928. The molecule has 3 rings (SSSR count). The number of piperidine rings is 1. The van der Waals surface area contributed by atoms with E-state index in [1.165, 1.54) is 11.3 Å². The highest BCUT2D eigenvalue weighted by atomic mass is 32.1. The molecule has 1 N–H and O–H groups in total. The summed E-state index contributed by atoms with van der Waals surface area (Å²) in [7, 11) is 0. The highest BCUT2D eigenvalue weighted by Crippen LogP contribution is 2.32. The molecule has 1 aliphatic heterocycles. The van der Waals surface area contributed by atoms with Crippen LogP contribution >= 0.6 is 11.3 Å². The van der Waals surface area contributed by atoms with Crippen molar-refractivity contribution in [2.75, 3.05) is 13.1 Å². The molecule has 1 fully saturated rings. The number of nitrogens with one attached hydrogen (secondary N) is 1. The number of amides is 1. The van der Waals surface area contributed by atoms with E-state index in [-0.39, 0.29) is 11.8 Å². The van der Waals surface area contributed by atoms with Gasteiger partial charge in [0.2, 0.25) is 5.91 Å². The fraction of sp³-hybridized carbons (Fsp3) is 0.467. The van der Waals surface area contributed by atoms with Crippen LogP contribution in [0.2, 0.25) is 0 Å². The maximum Gasteiger partial charge on any atom is 0.435 e. The number of H-pyrrole nitrogens is 1. The largest absolute Gasteiger partial charge is 0.435 e. The Kier molecular flexibility index (Phi) is 4.43. The second kappa shape index (κ2) is 6.35. The smallest absolute Gasteiger partial charge is 0.342 e. The topological polar surface area (TPSA) is 49.0 Å². The lowest BCUT2D eigenvalue weighted by Gasteiger charge is -2.32. The highest BCUT2D eigenvalue weighted by molar-refractivity contribution is 7.10. The van der Waals surface area contributed by atoms with Gasteiger partial charge < -0.3 is 4.90 Å². The van der Waals surface area contributed by atoms with Gasteiger partial charge in [0.15, 0.2) is 5.69 Å². The standard InChI is InChI=1S/C15H16F3N3OS/c16-15(17,18)13-8-12(19-20-13)10-3-1-5-21(9-10)14(22)7-11-4-2-6-23-11/h2,4,6,8,10H,1,3,5,7,9H2,(H,19,20)/t10-/m0/s1. The molecule has 0 spiro atoms. The van der Waals surface area contributed by atoms with Gasteiger partial charge in [-0.15, -0.1) is 11.3 Å². The summed E-state index contributed by atoms with van der Waals surface area (Å²) in [4.78, 5) is 15.1. The molecule has 0 bridgehead atoms. The van der Waals surface area contributed by atoms with Crippen LogP contribution in [0.3, 0.4) is 0 Å². The summed E-state index contributed by atoms with van der Waals surface area (Å²) in [6, 6.07) is 4.86. The molecule has 4 nitrogen and oxygen atoms in total. The molecule has 0 unspecified atom stereocenters. The van der Waals surface area contributed by atoms with E-state index in [0.29, 0.717) is 25.2 Å². The van der Waals surface area contributed by atoms with Crippen molar-refractivity contribution in [1.82, 2.24) is 15.1 Å². The van der Waals surface area contributed by atoms with Crippen molar-refractivity contribution in [1.29, 1.82) is 0 Å². The van der Waals surface area contributed by atoms with Gasteiger partial charge in [-0.25, -0.2) is 0 Å². The molecule has 124 valence electrons. The van der Waals surface area contributed by atoms with Gasteiger partial charge in [0.05, 0.1) is 6.42 Å². The van der Waals surface area contributed by atoms with Crippen molar-refractivity contribution in [2.24, 2.45) is 0 Å².